The Morgan fingerprint density at radius 3 is 2.34 bits per heavy atom. The number of benzene rings is 2. The van der Waals surface area contributed by atoms with Crippen molar-refractivity contribution in [2.45, 2.75) is 56.1 Å². The van der Waals surface area contributed by atoms with Crippen LogP contribution in [-0.4, -0.2) is 52.2 Å². The van der Waals surface area contributed by atoms with Crippen molar-refractivity contribution in [1.82, 2.24) is 9.80 Å². The molecule has 0 N–H and O–H groups in total. The van der Waals surface area contributed by atoms with Crippen LogP contribution >= 0.6 is 0 Å². The normalized spacial score (nSPS) is 25.7. The average Bonchev–Trinajstić information content (AvgIpc) is 3.30. The van der Waals surface area contributed by atoms with E-state index in [1.54, 1.807) is 0 Å². The van der Waals surface area contributed by atoms with Crippen molar-refractivity contribution in [1.29, 1.82) is 0 Å². The van der Waals surface area contributed by atoms with Crippen molar-refractivity contribution >= 4 is 11.7 Å². The van der Waals surface area contributed by atoms with Gasteiger partial charge in [-0.15, -0.1) is 0 Å². The monoisotopic (exact) mass is 388 g/mol. The summed E-state index contributed by atoms with van der Waals surface area (Å²) in [6, 6.07) is 19.9. The van der Waals surface area contributed by atoms with Crippen LogP contribution in [0.25, 0.3) is 0 Å². The highest BCUT2D eigenvalue weighted by molar-refractivity contribution is 6.01. The van der Waals surface area contributed by atoms with Crippen molar-refractivity contribution in [2.75, 3.05) is 13.1 Å². The molecule has 1 amide bonds. The molecular weight excluding hydrogens is 360 g/mol. The van der Waals surface area contributed by atoms with Crippen LogP contribution in [0.5, 0.6) is 0 Å². The number of rotatable bonds is 5. The van der Waals surface area contributed by atoms with Gasteiger partial charge >= 0.3 is 0 Å². The minimum atomic E-state index is -0.112. The molecule has 0 radical (unpaired) electrons. The Morgan fingerprint density at radius 2 is 1.69 bits per heavy atom. The Labute approximate surface area is 172 Å². The molecule has 3 aliphatic rings. The Balaban J connectivity index is 1.34. The summed E-state index contributed by atoms with van der Waals surface area (Å²) in [7, 11) is 0. The number of likely N-dealkylation sites (tertiary alicyclic amines) is 2. The van der Waals surface area contributed by atoms with E-state index < -0.39 is 0 Å². The number of Topliss-reactive ketones (excluding diaryl/α,β-unsaturated/α-hetero) is 1. The summed E-state index contributed by atoms with van der Waals surface area (Å²) in [4.78, 5) is 30.4. The molecule has 150 valence electrons. The number of aryl methyl sites for hydroxylation is 1. The molecule has 5 rings (SSSR count). The lowest BCUT2D eigenvalue weighted by atomic mass is 9.71. The van der Waals surface area contributed by atoms with E-state index in [9.17, 15) is 9.59 Å². The highest BCUT2D eigenvalue weighted by Crippen LogP contribution is 2.47. The number of hydrogen-bond donors (Lipinski definition) is 0. The summed E-state index contributed by atoms with van der Waals surface area (Å²) in [5.74, 6) is 0.225. The molecule has 2 atom stereocenters. The van der Waals surface area contributed by atoms with E-state index in [-0.39, 0.29) is 35.9 Å². The lowest BCUT2D eigenvalue weighted by molar-refractivity contribution is -0.124. The highest BCUT2D eigenvalue weighted by atomic mass is 16.2. The lowest BCUT2D eigenvalue weighted by Crippen LogP contribution is -2.58. The predicted octanol–water partition coefficient (Wildman–Crippen LogP) is 3.71. The van der Waals surface area contributed by atoms with Gasteiger partial charge in [0.05, 0.1) is 18.6 Å². The van der Waals surface area contributed by atoms with Gasteiger partial charge in [-0.2, -0.15) is 0 Å². The summed E-state index contributed by atoms with van der Waals surface area (Å²) in [5, 5.41) is 0. The Kier molecular flexibility index (Phi) is 4.75. The molecule has 2 saturated heterocycles. The second kappa shape index (κ2) is 7.42. The van der Waals surface area contributed by atoms with Crippen LogP contribution in [0.15, 0.2) is 60.7 Å². The molecule has 1 saturated carbocycles. The van der Waals surface area contributed by atoms with Gasteiger partial charge < -0.3 is 4.90 Å². The van der Waals surface area contributed by atoms with Crippen LogP contribution in [-0.2, 0) is 11.2 Å². The molecule has 0 aromatic heterocycles. The minimum absolute atomic E-state index is 0.000227. The molecule has 2 aromatic rings. The van der Waals surface area contributed by atoms with E-state index >= 15 is 0 Å². The quantitative estimate of drug-likeness (QED) is 0.784. The maximum atomic E-state index is 13.0. The summed E-state index contributed by atoms with van der Waals surface area (Å²) in [6.07, 6.45) is 6.63. The summed E-state index contributed by atoms with van der Waals surface area (Å²) in [6.45, 7) is 1.18. The Bertz CT molecular complexity index is 892. The SMILES string of the molecule is O=C1CN(C(=O)c2ccccc2)[C@@H]2CCN(C3(CCc4ccccc4)CCC3)[C@H]12. The summed E-state index contributed by atoms with van der Waals surface area (Å²) >= 11 is 0. The van der Waals surface area contributed by atoms with Crippen LogP contribution in [0.3, 0.4) is 0 Å². The van der Waals surface area contributed by atoms with E-state index in [2.05, 4.69) is 35.2 Å². The number of carbonyl (C=O) groups excluding carboxylic acids is 2. The first-order valence-electron chi connectivity index (χ1n) is 10.9. The maximum absolute atomic E-state index is 13.0. The van der Waals surface area contributed by atoms with Gasteiger partial charge in [0.15, 0.2) is 5.78 Å². The number of hydrogen-bond acceptors (Lipinski definition) is 3. The Morgan fingerprint density at radius 1 is 1.00 bits per heavy atom. The van der Waals surface area contributed by atoms with E-state index in [1.807, 2.05) is 35.2 Å². The maximum Gasteiger partial charge on any atom is 0.254 e. The molecule has 4 nitrogen and oxygen atoms in total. The molecular formula is C25H28N2O2. The minimum Gasteiger partial charge on any atom is -0.326 e. The molecule has 1 aliphatic carbocycles. The zero-order valence-electron chi connectivity index (χ0n) is 16.8. The molecule has 0 bridgehead atoms. The molecule has 3 fully saturated rings. The van der Waals surface area contributed by atoms with E-state index in [4.69, 9.17) is 0 Å². The van der Waals surface area contributed by atoms with Gasteiger partial charge in [0.2, 0.25) is 0 Å². The first kappa shape index (κ1) is 18.6. The third-order valence-electron chi connectivity index (χ3n) is 7.32. The molecule has 2 heterocycles. The van der Waals surface area contributed by atoms with Crippen molar-refractivity contribution in [3.05, 3.63) is 71.8 Å². The number of fused-ring (bicyclic) bond motifs is 1. The van der Waals surface area contributed by atoms with Gasteiger partial charge in [0, 0.05) is 17.6 Å². The van der Waals surface area contributed by atoms with Gasteiger partial charge in [-0.25, -0.2) is 0 Å². The van der Waals surface area contributed by atoms with Crippen LogP contribution in [0.2, 0.25) is 0 Å². The first-order valence-corrected chi connectivity index (χ1v) is 10.9. The van der Waals surface area contributed by atoms with Crippen LogP contribution in [0, 0.1) is 0 Å². The van der Waals surface area contributed by atoms with E-state index in [1.165, 1.54) is 24.8 Å². The fraction of sp³-hybridized carbons (Fsp3) is 0.440. The Hall–Kier alpha value is -2.46. The zero-order chi connectivity index (χ0) is 19.8. The van der Waals surface area contributed by atoms with Crippen molar-refractivity contribution in [3.8, 4) is 0 Å². The smallest absolute Gasteiger partial charge is 0.254 e. The van der Waals surface area contributed by atoms with Gasteiger partial charge in [-0.05, 0) is 56.2 Å². The number of ketones is 1. The van der Waals surface area contributed by atoms with Gasteiger partial charge in [-0.3, -0.25) is 14.5 Å². The van der Waals surface area contributed by atoms with Crippen molar-refractivity contribution < 1.29 is 9.59 Å². The van der Waals surface area contributed by atoms with Crippen LogP contribution in [0.4, 0.5) is 0 Å². The third kappa shape index (κ3) is 3.20. The lowest BCUT2D eigenvalue weighted by Gasteiger charge is -2.51. The number of amides is 1. The highest BCUT2D eigenvalue weighted by Gasteiger charge is 2.56. The molecule has 2 aromatic carbocycles. The predicted molar refractivity (Wildman–Crippen MR) is 113 cm³/mol. The van der Waals surface area contributed by atoms with E-state index in [0.717, 1.165) is 25.8 Å². The van der Waals surface area contributed by atoms with Crippen molar-refractivity contribution in [3.63, 3.8) is 0 Å². The molecule has 2 aliphatic heterocycles. The largest absolute Gasteiger partial charge is 0.326 e. The van der Waals surface area contributed by atoms with Crippen molar-refractivity contribution in [2.24, 2.45) is 0 Å². The van der Waals surface area contributed by atoms with Gasteiger partial charge in [-0.1, -0.05) is 48.5 Å². The third-order valence-corrected chi connectivity index (χ3v) is 7.32. The average molecular weight is 389 g/mol. The van der Waals surface area contributed by atoms with Gasteiger partial charge in [0.1, 0.15) is 0 Å². The first-order chi connectivity index (χ1) is 14.2. The number of carbonyl (C=O) groups is 2. The number of nitrogens with zero attached hydrogens (tertiary/aromatic N) is 2. The van der Waals surface area contributed by atoms with Crippen LogP contribution in [0.1, 0.15) is 48.0 Å². The van der Waals surface area contributed by atoms with Gasteiger partial charge in [0.25, 0.3) is 5.91 Å². The van der Waals surface area contributed by atoms with E-state index in [0.29, 0.717) is 5.56 Å². The standard InChI is InChI=1S/C25H28N2O2/c28-22-18-26(24(29)20-10-5-2-6-11-20)21-13-17-27(23(21)22)25(14-7-15-25)16-12-19-8-3-1-4-9-19/h1-6,8-11,21,23H,7,12-18H2/t21-,23+/m1/s1. The fourth-order valence-corrected chi connectivity index (χ4v) is 5.66. The second-order valence-corrected chi connectivity index (χ2v) is 8.82. The summed E-state index contributed by atoms with van der Waals surface area (Å²) < 4.78 is 0. The fourth-order valence-electron chi connectivity index (χ4n) is 5.66. The topological polar surface area (TPSA) is 40.6 Å². The molecule has 0 unspecified atom stereocenters. The molecule has 29 heavy (non-hydrogen) atoms. The molecule has 4 heteroatoms. The van der Waals surface area contributed by atoms with Crippen LogP contribution < -0.4 is 0 Å². The summed E-state index contributed by atoms with van der Waals surface area (Å²) in [5.41, 5.74) is 2.19. The zero-order valence-corrected chi connectivity index (χ0v) is 16.8. The second-order valence-electron chi connectivity index (χ2n) is 8.82. The molecule has 0 spiro atoms.